The summed E-state index contributed by atoms with van der Waals surface area (Å²) in [5.41, 5.74) is 0. The molecule has 0 amide bonds. The molecule has 0 aromatic rings. The van der Waals surface area contributed by atoms with Crippen molar-refractivity contribution in [2.24, 2.45) is 5.92 Å². The van der Waals surface area contributed by atoms with Crippen molar-refractivity contribution >= 4 is 7.82 Å². The van der Waals surface area contributed by atoms with Crippen LogP contribution in [0.2, 0.25) is 0 Å². The highest BCUT2D eigenvalue weighted by Gasteiger charge is 2.22. The average Bonchev–Trinajstić information content (AvgIpc) is 2.69. The van der Waals surface area contributed by atoms with Crippen LogP contribution in [0.5, 0.6) is 0 Å². The molecular formula is C25H53NO4P+. The number of unbranched alkanes of at least 4 members (excludes halogenated alkanes) is 2. The van der Waals surface area contributed by atoms with E-state index < -0.39 is 7.82 Å². The maximum Gasteiger partial charge on any atom is 0.472 e. The third-order valence-corrected chi connectivity index (χ3v) is 7.52. The molecule has 5 nitrogen and oxygen atoms in total. The Morgan fingerprint density at radius 3 is 1.65 bits per heavy atom. The zero-order valence-electron chi connectivity index (χ0n) is 21.0. The van der Waals surface area contributed by atoms with E-state index in [0.29, 0.717) is 17.6 Å². The Morgan fingerprint density at radius 1 is 0.710 bits per heavy atom. The Balaban J connectivity index is 2.16. The highest BCUT2D eigenvalue weighted by Crippen LogP contribution is 2.43. The lowest BCUT2D eigenvalue weighted by atomic mass is 9.90. The van der Waals surface area contributed by atoms with Crippen molar-refractivity contribution in [2.45, 2.75) is 116 Å². The third-order valence-electron chi connectivity index (χ3n) is 6.50. The number of quaternary nitrogens is 1. The van der Waals surface area contributed by atoms with Crippen LogP contribution < -0.4 is 0 Å². The van der Waals surface area contributed by atoms with E-state index in [0.717, 1.165) is 18.8 Å². The Morgan fingerprint density at radius 2 is 1.16 bits per heavy atom. The largest absolute Gasteiger partial charge is 0.472 e. The van der Waals surface area contributed by atoms with Crippen molar-refractivity contribution in [3.8, 4) is 0 Å². The molecule has 0 radical (unpaired) electrons. The zero-order valence-corrected chi connectivity index (χ0v) is 21.9. The van der Waals surface area contributed by atoms with Crippen molar-refractivity contribution in [1.29, 1.82) is 0 Å². The van der Waals surface area contributed by atoms with Gasteiger partial charge in [0.25, 0.3) is 0 Å². The summed E-state index contributed by atoms with van der Waals surface area (Å²) in [6.07, 6.45) is 24.2. The highest BCUT2D eigenvalue weighted by molar-refractivity contribution is 7.47. The van der Waals surface area contributed by atoms with Gasteiger partial charge in [-0.05, 0) is 12.3 Å². The molecule has 0 bridgehead atoms. The second-order valence-electron chi connectivity index (χ2n) is 10.7. The van der Waals surface area contributed by atoms with E-state index in [1.54, 1.807) is 0 Å². The maximum atomic E-state index is 11.9. The monoisotopic (exact) mass is 462 g/mol. The van der Waals surface area contributed by atoms with Crippen molar-refractivity contribution in [3.05, 3.63) is 0 Å². The standard InChI is InChI=1S/C25H52NO4P/c1-26(2,3)22-24-30-31(27,28)29-23-18-14-17-21-25-19-15-12-10-8-6-4-5-7-9-11-13-16-20-25/h25H,4-24H2,1-3H3/p+1. The summed E-state index contributed by atoms with van der Waals surface area (Å²) >= 11 is 0. The van der Waals surface area contributed by atoms with Crippen LogP contribution in [0.1, 0.15) is 116 Å². The van der Waals surface area contributed by atoms with Crippen LogP contribution in [0.15, 0.2) is 0 Å². The average molecular weight is 463 g/mol. The predicted octanol–water partition coefficient (Wildman–Crippen LogP) is 7.48. The van der Waals surface area contributed by atoms with Gasteiger partial charge in [-0.3, -0.25) is 9.05 Å². The Labute approximate surface area is 193 Å². The SMILES string of the molecule is C[N+](C)(C)CCOP(=O)(O)OCCCCCC1CCCCCCCCCCCCCC1. The maximum absolute atomic E-state index is 11.9. The molecule has 0 aliphatic heterocycles. The molecule has 1 unspecified atom stereocenters. The number of hydrogen-bond donors (Lipinski definition) is 1. The molecule has 0 heterocycles. The molecule has 1 fully saturated rings. The second-order valence-corrected chi connectivity index (χ2v) is 12.1. The van der Waals surface area contributed by atoms with Gasteiger partial charge in [-0.25, -0.2) is 4.57 Å². The van der Waals surface area contributed by atoms with Gasteiger partial charge in [0.05, 0.1) is 27.7 Å². The Hall–Kier alpha value is 0.0700. The minimum Gasteiger partial charge on any atom is -0.329 e. The summed E-state index contributed by atoms with van der Waals surface area (Å²) in [5.74, 6) is 0.869. The van der Waals surface area contributed by atoms with Crippen molar-refractivity contribution in [2.75, 3.05) is 40.9 Å². The van der Waals surface area contributed by atoms with Crippen LogP contribution in [0.4, 0.5) is 0 Å². The molecule has 186 valence electrons. The molecule has 1 rings (SSSR count). The van der Waals surface area contributed by atoms with Crippen LogP contribution in [-0.2, 0) is 13.6 Å². The van der Waals surface area contributed by atoms with Gasteiger partial charge in [-0.1, -0.05) is 109 Å². The lowest BCUT2D eigenvalue weighted by Gasteiger charge is -2.24. The second kappa shape index (κ2) is 17.5. The van der Waals surface area contributed by atoms with Crippen molar-refractivity contribution in [1.82, 2.24) is 0 Å². The lowest BCUT2D eigenvalue weighted by Crippen LogP contribution is -2.37. The molecule has 1 N–H and O–H groups in total. The molecule has 0 aromatic heterocycles. The smallest absolute Gasteiger partial charge is 0.329 e. The minimum atomic E-state index is -3.90. The minimum absolute atomic E-state index is 0.235. The van der Waals surface area contributed by atoms with E-state index in [1.807, 2.05) is 21.1 Å². The van der Waals surface area contributed by atoms with E-state index in [1.165, 1.54) is 103 Å². The topological polar surface area (TPSA) is 55.8 Å². The number of hydrogen-bond acceptors (Lipinski definition) is 3. The Bertz CT molecular complexity index is 451. The van der Waals surface area contributed by atoms with Gasteiger partial charge in [0.1, 0.15) is 13.2 Å². The fourth-order valence-electron chi connectivity index (χ4n) is 4.43. The zero-order chi connectivity index (χ0) is 22.8. The molecule has 1 atom stereocenters. The number of phosphoric ester groups is 1. The van der Waals surface area contributed by atoms with Gasteiger partial charge in [0.2, 0.25) is 0 Å². The highest BCUT2D eigenvalue weighted by atomic mass is 31.2. The predicted molar refractivity (Wildman–Crippen MR) is 131 cm³/mol. The van der Waals surface area contributed by atoms with E-state index in [-0.39, 0.29) is 6.61 Å². The van der Waals surface area contributed by atoms with Gasteiger partial charge in [0, 0.05) is 0 Å². The number of likely N-dealkylation sites (N-methyl/N-ethyl adjacent to an activating group) is 1. The summed E-state index contributed by atoms with van der Waals surface area (Å²) in [6, 6.07) is 0. The molecule has 0 saturated heterocycles. The fourth-order valence-corrected chi connectivity index (χ4v) is 5.17. The Kier molecular flexibility index (Phi) is 16.5. The summed E-state index contributed by atoms with van der Waals surface area (Å²) in [7, 11) is 2.18. The summed E-state index contributed by atoms with van der Waals surface area (Å²) in [4.78, 5) is 9.78. The molecule has 0 aromatic carbocycles. The van der Waals surface area contributed by atoms with Crippen molar-refractivity contribution < 1.29 is 23.0 Å². The fraction of sp³-hybridized carbons (Fsp3) is 1.00. The van der Waals surface area contributed by atoms with E-state index in [4.69, 9.17) is 9.05 Å². The van der Waals surface area contributed by atoms with Gasteiger partial charge >= 0.3 is 7.82 Å². The van der Waals surface area contributed by atoms with Crippen LogP contribution in [0.3, 0.4) is 0 Å². The lowest BCUT2D eigenvalue weighted by molar-refractivity contribution is -0.870. The van der Waals surface area contributed by atoms with Gasteiger partial charge in [-0.15, -0.1) is 0 Å². The van der Waals surface area contributed by atoms with Gasteiger partial charge in [-0.2, -0.15) is 0 Å². The van der Waals surface area contributed by atoms with Crippen LogP contribution >= 0.6 is 7.82 Å². The van der Waals surface area contributed by atoms with E-state index in [9.17, 15) is 9.46 Å². The molecule has 31 heavy (non-hydrogen) atoms. The first-order valence-electron chi connectivity index (χ1n) is 13.2. The molecular weight excluding hydrogens is 409 g/mol. The van der Waals surface area contributed by atoms with Crippen LogP contribution in [0, 0.1) is 5.92 Å². The number of phosphoric acid groups is 1. The summed E-state index contributed by atoms with van der Waals surface area (Å²) in [5, 5.41) is 0. The summed E-state index contributed by atoms with van der Waals surface area (Å²) in [6.45, 7) is 1.22. The van der Waals surface area contributed by atoms with Crippen molar-refractivity contribution in [3.63, 3.8) is 0 Å². The number of rotatable bonds is 11. The normalized spacial score (nSPS) is 21.2. The molecule has 6 heteroatoms. The van der Waals surface area contributed by atoms with E-state index in [2.05, 4.69) is 0 Å². The molecule has 1 aliphatic carbocycles. The van der Waals surface area contributed by atoms with Gasteiger partial charge in [0.15, 0.2) is 0 Å². The van der Waals surface area contributed by atoms with Crippen LogP contribution in [0.25, 0.3) is 0 Å². The first-order valence-corrected chi connectivity index (χ1v) is 14.7. The van der Waals surface area contributed by atoms with E-state index >= 15 is 0 Å². The first-order chi connectivity index (χ1) is 14.8. The quantitative estimate of drug-likeness (QED) is 0.196. The number of nitrogens with zero attached hydrogens (tertiary/aromatic N) is 1. The van der Waals surface area contributed by atoms with Gasteiger partial charge < -0.3 is 9.38 Å². The van der Waals surface area contributed by atoms with Crippen LogP contribution in [-0.4, -0.2) is 50.3 Å². The molecule has 1 aliphatic rings. The third kappa shape index (κ3) is 19.3. The molecule has 0 spiro atoms. The summed E-state index contributed by atoms with van der Waals surface area (Å²) < 4.78 is 22.8. The molecule has 1 saturated carbocycles. The first kappa shape index (κ1) is 29.1.